The second kappa shape index (κ2) is 7.16. The number of carbonyl (C=O) groups excluding carboxylic acids is 1. The van der Waals surface area contributed by atoms with Gasteiger partial charge in [-0.3, -0.25) is 9.10 Å². The summed E-state index contributed by atoms with van der Waals surface area (Å²) in [4.78, 5) is 12.9. The summed E-state index contributed by atoms with van der Waals surface area (Å²) in [5, 5.41) is 3.65. The van der Waals surface area contributed by atoms with Gasteiger partial charge >= 0.3 is 0 Å². The molecule has 0 heterocycles. The highest BCUT2D eigenvalue weighted by molar-refractivity contribution is 7.92. The maximum absolute atomic E-state index is 12.9. The van der Waals surface area contributed by atoms with Crippen molar-refractivity contribution < 1.29 is 13.2 Å². The average molecular weight is 385 g/mol. The second-order valence-electron chi connectivity index (χ2n) is 7.25. The molecule has 2 fully saturated rings. The Morgan fingerprint density at radius 3 is 2.44 bits per heavy atom. The lowest BCUT2D eigenvalue weighted by Gasteiger charge is -2.32. The number of fused-ring (bicyclic) bond motifs is 2. The molecule has 25 heavy (non-hydrogen) atoms. The number of halogens is 1. The Kier molecular flexibility index (Phi) is 5.30. The molecule has 2 bridgehead atoms. The fourth-order valence-electron chi connectivity index (χ4n) is 4.35. The lowest BCUT2D eigenvalue weighted by molar-refractivity contribution is -0.123. The summed E-state index contributed by atoms with van der Waals surface area (Å²) in [5.74, 6) is 1.06. The predicted molar refractivity (Wildman–Crippen MR) is 100 cm³/mol. The molecule has 0 unspecified atom stereocenters. The van der Waals surface area contributed by atoms with E-state index in [1.165, 1.54) is 23.6 Å². The van der Waals surface area contributed by atoms with Crippen LogP contribution in [0.4, 0.5) is 5.69 Å². The summed E-state index contributed by atoms with van der Waals surface area (Å²) in [6, 6.07) is 5.97. The molecule has 2 aliphatic rings. The molecule has 1 amide bonds. The van der Waals surface area contributed by atoms with Gasteiger partial charge in [0.2, 0.25) is 15.9 Å². The highest BCUT2D eigenvalue weighted by Crippen LogP contribution is 2.44. The fraction of sp³-hybridized carbons (Fsp3) is 0.611. The highest BCUT2D eigenvalue weighted by Gasteiger charge is 2.41. The molecule has 5 nitrogen and oxygen atoms in total. The molecule has 0 spiro atoms. The van der Waals surface area contributed by atoms with Crippen LogP contribution in [0, 0.1) is 11.8 Å². The molecular weight excluding hydrogens is 360 g/mol. The van der Waals surface area contributed by atoms with E-state index >= 15 is 0 Å². The topological polar surface area (TPSA) is 66.5 Å². The lowest BCUT2D eigenvalue weighted by Crippen LogP contribution is -2.52. The normalized spacial score (nSPS) is 26.4. The minimum Gasteiger partial charge on any atom is -0.351 e. The summed E-state index contributed by atoms with van der Waals surface area (Å²) in [6.07, 6.45) is 6.17. The van der Waals surface area contributed by atoms with Crippen molar-refractivity contribution >= 4 is 33.2 Å². The largest absolute Gasteiger partial charge is 0.351 e. The predicted octanol–water partition coefficient (Wildman–Crippen LogP) is 3.19. The van der Waals surface area contributed by atoms with E-state index in [4.69, 9.17) is 11.6 Å². The third kappa shape index (κ3) is 3.95. The smallest absolute Gasteiger partial charge is 0.244 e. The van der Waals surface area contributed by atoms with Gasteiger partial charge in [-0.05, 0) is 61.8 Å². The molecule has 0 radical (unpaired) electrons. The molecule has 1 N–H and O–H groups in total. The Morgan fingerprint density at radius 2 is 1.96 bits per heavy atom. The van der Waals surface area contributed by atoms with Crippen LogP contribution in [0.15, 0.2) is 24.3 Å². The SMILES string of the molecule is CC[C@H](C(=O)N[C@@H]1C[C@H]2CC[C@H]1C2)N(c1ccc(Cl)cc1)S(C)(=O)=O. The van der Waals surface area contributed by atoms with Crippen molar-refractivity contribution in [2.24, 2.45) is 11.8 Å². The monoisotopic (exact) mass is 384 g/mol. The van der Waals surface area contributed by atoms with E-state index in [1.807, 2.05) is 6.92 Å². The summed E-state index contributed by atoms with van der Waals surface area (Å²) >= 11 is 5.91. The minimum absolute atomic E-state index is 0.187. The summed E-state index contributed by atoms with van der Waals surface area (Å²) in [6.45, 7) is 1.83. The van der Waals surface area contributed by atoms with E-state index in [0.29, 0.717) is 23.0 Å². The fourth-order valence-corrected chi connectivity index (χ4v) is 5.69. The first-order valence-electron chi connectivity index (χ1n) is 8.85. The quantitative estimate of drug-likeness (QED) is 0.819. The zero-order chi connectivity index (χ0) is 18.2. The Hall–Kier alpha value is -1.27. The first kappa shape index (κ1) is 18.5. The molecule has 3 rings (SSSR count). The molecule has 1 aromatic carbocycles. The van der Waals surface area contributed by atoms with Crippen LogP contribution in [-0.2, 0) is 14.8 Å². The highest BCUT2D eigenvalue weighted by atomic mass is 35.5. The molecule has 0 aliphatic heterocycles. The number of sulfonamides is 1. The van der Waals surface area contributed by atoms with Crippen LogP contribution in [0.5, 0.6) is 0 Å². The van der Waals surface area contributed by atoms with Crippen LogP contribution in [0.2, 0.25) is 5.02 Å². The summed E-state index contributed by atoms with van der Waals surface area (Å²) < 4.78 is 26.0. The van der Waals surface area contributed by atoms with Gasteiger partial charge in [-0.1, -0.05) is 24.9 Å². The molecule has 7 heteroatoms. The van der Waals surface area contributed by atoms with Gasteiger partial charge in [-0.15, -0.1) is 0 Å². The maximum atomic E-state index is 12.9. The van der Waals surface area contributed by atoms with Gasteiger partial charge in [0.1, 0.15) is 6.04 Å². The van der Waals surface area contributed by atoms with Crippen molar-refractivity contribution in [3.8, 4) is 0 Å². The molecule has 0 saturated heterocycles. The van der Waals surface area contributed by atoms with Crippen molar-refractivity contribution in [3.63, 3.8) is 0 Å². The number of carbonyl (C=O) groups is 1. The summed E-state index contributed by atoms with van der Waals surface area (Å²) in [5.41, 5.74) is 0.460. The Morgan fingerprint density at radius 1 is 1.28 bits per heavy atom. The second-order valence-corrected chi connectivity index (χ2v) is 9.55. The van der Waals surface area contributed by atoms with Crippen LogP contribution < -0.4 is 9.62 Å². The van der Waals surface area contributed by atoms with Crippen LogP contribution in [0.3, 0.4) is 0 Å². The van der Waals surface area contributed by atoms with Gasteiger partial charge in [-0.25, -0.2) is 8.42 Å². The van der Waals surface area contributed by atoms with E-state index in [2.05, 4.69) is 5.32 Å². The van der Waals surface area contributed by atoms with Gasteiger partial charge in [0, 0.05) is 11.1 Å². The van der Waals surface area contributed by atoms with Crippen molar-refractivity contribution in [2.75, 3.05) is 10.6 Å². The van der Waals surface area contributed by atoms with Crippen molar-refractivity contribution in [3.05, 3.63) is 29.3 Å². The van der Waals surface area contributed by atoms with Crippen LogP contribution in [-0.4, -0.2) is 32.7 Å². The number of nitrogens with one attached hydrogen (secondary N) is 1. The zero-order valence-electron chi connectivity index (χ0n) is 14.6. The number of hydrogen-bond donors (Lipinski definition) is 1. The molecule has 2 aliphatic carbocycles. The number of rotatable bonds is 6. The molecule has 2 saturated carbocycles. The molecule has 4 atom stereocenters. The van der Waals surface area contributed by atoms with Gasteiger partial charge in [0.15, 0.2) is 0 Å². The third-order valence-electron chi connectivity index (χ3n) is 5.48. The average Bonchev–Trinajstić information content (AvgIpc) is 3.15. The first-order chi connectivity index (χ1) is 11.8. The maximum Gasteiger partial charge on any atom is 0.244 e. The van der Waals surface area contributed by atoms with Crippen LogP contribution in [0.1, 0.15) is 39.0 Å². The van der Waals surface area contributed by atoms with Gasteiger partial charge in [0.25, 0.3) is 0 Å². The van der Waals surface area contributed by atoms with E-state index in [-0.39, 0.29) is 11.9 Å². The van der Waals surface area contributed by atoms with Crippen LogP contribution >= 0.6 is 11.6 Å². The van der Waals surface area contributed by atoms with Crippen LogP contribution in [0.25, 0.3) is 0 Å². The number of benzene rings is 1. The van der Waals surface area contributed by atoms with Crippen molar-refractivity contribution in [2.45, 2.75) is 51.1 Å². The van der Waals surface area contributed by atoms with E-state index in [9.17, 15) is 13.2 Å². The zero-order valence-corrected chi connectivity index (χ0v) is 16.2. The Balaban J connectivity index is 1.82. The first-order valence-corrected chi connectivity index (χ1v) is 11.1. The standard InChI is InChI=1S/C18H25ClN2O3S/c1-3-17(18(22)20-16-11-12-4-5-13(16)10-12)21(25(2,23)24)15-8-6-14(19)7-9-15/h6-9,12-13,16-17H,3-5,10-11H2,1-2H3,(H,20,22)/t12-,13-,16+,17+/m0/s1. The van der Waals surface area contributed by atoms with E-state index in [0.717, 1.165) is 18.6 Å². The summed E-state index contributed by atoms with van der Waals surface area (Å²) in [7, 11) is -3.60. The molecule has 138 valence electrons. The third-order valence-corrected chi connectivity index (χ3v) is 6.91. The number of amides is 1. The van der Waals surface area contributed by atoms with Crippen molar-refractivity contribution in [1.82, 2.24) is 5.32 Å². The van der Waals surface area contributed by atoms with Gasteiger partial charge in [-0.2, -0.15) is 0 Å². The van der Waals surface area contributed by atoms with Gasteiger partial charge < -0.3 is 5.32 Å². The number of anilines is 1. The Bertz CT molecular complexity index is 735. The van der Waals surface area contributed by atoms with E-state index in [1.54, 1.807) is 24.3 Å². The lowest BCUT2D eigenvalue weighted by atomic mass is 9.95. The molecule has 1 aromatic rings. The number of hydrogen-bond acceptors (Lipinski definition) is 3. The van der Waals surface area contributed by atoms with Crippen molar-refractivity contribution in [1.29, 1.82) is 0 Å². The molecular formula is C18H25ClN2O3S. The van der Waals surface area contributed by atoms with E-state index < -0.39 is 16.1 Å². The molecule has 0 aromatic heterocycles. The number of nitrogens with zero attached hydrogens (tertiary/aromatic N) is 1. The van der Waals surface area contributed by atoms with Gasteiger partial charge in [0.05, 0.1) is 11.9 Å². The Labute approximate surface area is 154 Å². The minimum atomic E-state index is -3.60.